The third-order valence-electron chi connectivity index (χ3n) is 6.01. The highest BCUT2D eigenvalue weighted by Crippen LogP contribution is 2.29. The van der Waals surface area contributed by atoms with Gasteiger partial charge in [0.15, 0.2) is 6.61 Å². The van der Waals surface area contributed by atoms with Gasteiger partial charge in [-0.1, -0.05) is 6.07 Å². The van der Waals surface area contributed by atoms with Crippen LogP contribution < -0.4 is 9.80 Å². The van der Waals surface area contributed by atoms with Crippen molar-refractivity contribution in [3.63, 3.8) is 0 Å². The number of aryl methyl sites for hydroxylation is 2. The number of nitriles is 1. The van der Waals surface area contributed by atoms with Crippen LogP contribution in [0.2, 0.25) is 0 Å². The fourth-order valence-corrected chi connectivity index (χ4v) is 5.16. The van der Waals surface area contributed by atoms with Gasteiger partial charge in [0, 0.05) is 39.4 Å². The Bertz CT molecular complexity index is 1260. The van der Waals surface area contributed by atoms with Crippen molar-refractivity contribution in [1.82, 2.24) is 4.31 Å². The van der Waals surface area contributed by atoms with Crippen LogP contribution in [0, 0.1) is 25.2 Å². The molecule has 9 nitrogen and oxygen atoms in total. The van der Waals surface area contributed by atoms with E-state index < -0.39 is 28.5 Å². The molecule has 1 aliphatic rings. The maximum Gasteiger partial charge on any atom is 0.340 e. The molecule has 0 unspecified atom stereocenters. The number of nitrogens with zero attached hydrogens (tertiary/aromatic N) is 4. The summed E-state index contributed by atoms with van der Waals surface area (Å²) >= 11 is 0. The molecule has 0 aromatic heterocycles. The summed E-state index contributed by atoms with van der Waals surface area (Å²) < 4.78 is 31.8. The fourth-order valence-electron chi connectivity index (χ4n) is 4.23. The van der Waals surface area contributed by atoms with E-state index in [0.717, 1.165) is 41.4 Å². The highest BCUT2D eigenvalue weighted by Gasteiger charge is 2.26. The molecule has 0 atom stereocenters. The minimum atomic E-state index is -3.77. The van der Waals surface area contributed by atoms with Crippen LogP contribution >= 0.6 is 0 Å². The zero-order valence-electron chi connectivity index (χ0n) is 21.2. The van der Waals surface area contributed by atoms with Crippen molar-refractivity contribution in [2.24, 2.45) is 0 Å². The molecule has 0 spiro atoms. The molecule has 0 aliphatic carbocycles. The van der Waals surface area contributed by atoms with E-state index in [9.17, 15) is 18.0 Å². The lowest BCUT2D eigenvalue weighted by Crippen LogP contribution is -2.35. The Kier molecular flexibility index (Phi) is 8.71. The molecule has 10 heteroatoms. The molecular weight excluding hydrogens is 480 g/mol. The average Bonchev–Trinajstić information content (AvgIpc) is 3.36. The zero-order chi connectivity index (χ0) is 26.5. The van der Waals surface area contributed by atoms with Crippen LogP contribution in [0.25, 0.3) is 0 Å². The molecule has 0 saturated carbocycles. The van der Waals surface area contributed by atoms with Gasteiger partial charge in [0.25, 0.3) is 5.91 Å². The normalized spacial score (nSPS) is 13.5. The number of sulfonamides is 1. The summed E-state index contributed by atoms with van der Waals surface area (Å²) in [5.74, 6) is -1.25. The molecule has 2 aromatic carbocycles. The number of esters is 1. The van der Waals surface area contributed by atoms with Gasteiger partial charge in [-0.3, -0.25) is 4.79 Å². The topological polar surface area (TPSA) is 111 Å². The first-order chi connectivity index (χ1) is 17.0. The van der Waals surface area contributed by atoms with Crippen molar-refractivity contribution < 1.29 is 22.7 Å². The van der Waals surface area contributed by atoms with Gasteiger partial charge in [0.2, 0.25) is 10.0 Å². The summed E-state index contributed by atoms with van der Waals surface area (Å²) in [5, 5.41) is 9.05. The van der Waals surface area contributed by atoms with Crippen LogP contribution in [-0.4, -0.2) is 64.9 Å². The predicted molar refractivity (Wildman–Crippen MR) is 138 cm³/mol. The van der Waals surface area contributed by atoms with E-state index >= 15 is 0 Å². The minimum absolute atomic E-state index is 0.0281. The summed E-state index contributed by atoms with van der Waals surface area (Å²) in [6, 6.07) is 12.1. The molecule has 1 amide bonds. The smallest absolute Gasteiger partial charge is 0.340 e. The van der Waals surface area contributed by atoms with E-state index in [-0.39, 0.29) is 23.4 Å². The molecule has 2 aromatic rings. The van der Waals surface area contributed by atoms with Crippen LogP contribution in [0.3, 0.4) is 0 Å². The average molecular weight is 513 g/mol. The highest BCUT2D eigenvalue weighted by molar-refractivity contribution is 7.89. The Morgan fingerprint density at radius 3 is 2.28 bits per heavy atom. The maximum atomic E-state index is 13.2. The Labute approximate surface area is 212 Å². The lowest BCUT2D eigenvalue weighted by atomic mass is 10.1. The first-order valence-electron chi connectivity index (χ1n) is 11.8. The Hall–Kier alpha value is -3.42. The van der Waals surface area contributed by atoms with E-state index in [0.29, 0.717) is 11.4 Å². The lowest BCUT2D eigenvalue weighted by molar-refractivity contribution is -0.121. The molecule has 1 heterocycles. The van der Waals surface area contributed by atoms with E-state index in [1.807, 2.05) is 43.0 Å². The molecule has 1 saturated heterocycles. The summed E-state index contributed by atoms with van der Waals surface area (Å²) in [5.41, 5.74) is 3.23. The van der Waals surface area contributed by atoms with Crippen molar-refractivity contribution in [2.45, 2.75) is 38.0 Å². The SMILES string of the molecule is Cc1cc(C)cc(N(CCC#N)C(=O)COC(=O)c2cc(S(=O)(=O)N(C)C)ccc2N2CCCC2)c1. The number of hydrogen-bond acceptors (Lipinski definition) is 7. The molecule has 36 heavy (non-hydrogen) atoms. The van der Waals surface area contributed by atoms with Gasteiger partial charge >= 0.3 is 5.97 Å². The first-order valence-corrected chi connectivity index (χ1v) is 13.2. The Morgan fingerprint density at radius 2 is 1.69 bits per heavy atom. The van der Waals surface area contributed by atoms with Gasteiger partial charge in [-0.25, -0.2) is 17.5 Å². The quantitative estimate of drug-likeness (QED) is 0.474. The molecule has 0 N–H and O–H groups in total. The second-order valence-corrected chi connectivity index (χ2v) is 11.2. The number of hydrogen-bond donors (Lipinski definition) is 0. The first kappa shape index (κ1) is 27.2. The number of benzene rings is 2. The van der Waals surface area contributed by atoms with E-state index in [4.69, 9.17) is 10.00 Å². The van der Waals surface area contributed by atoms with E-state index in [1.165, 1.54) is 31.1 Å². The number of ether oxygens (including phenoxy) is 1. The van der Waals surface area contributed by atoms with Gasteiger partial charge in [-0.05, 0) is 68.1 Å². The number of amides is 1. The predicted octanol–water partition coefficient (Wildman–Crippen LogP) is 3.26. The zero-order valence-corrected chi connectivity index (χ0v) is 22.0. The van der Waals surface area contributed by atoms with Crippen LogP contribution in [0.1, 0.15) is 40.7 Å². The van der Waals surface area contributed by atoms with Crippen molar-refractivity contribution >= 4 is 33.3 Å². The van der Waals surface area contributed by atoms with Gasteiger partial charge in [0.1, 0.15) is 0 Å². The van der Waals surface area contributed by atoms with E-state index in [1.54, 1.807) is 6.07 Å². The third kappa shape index (κ3) is 6.22. The second-order valence-electron chi connectivity index (χ2n) is 9.04. The number of carbonyl (C=O) groups is 2. The van der Waals surface area contributed by atoms with Crippen LogP contribution in [0.15, 0.2) is 41.3 Å². The highest BCUT2D eigenvalue weighted by atomic mass is 32.2. The standard InChI is InChI=1S/C26H32N4O5S/c1-19-14-20(2)16-21(15-19)30(13-7-10-27)25(31)18-35-26(32)23-17-22(36(33,34)28(3)4)8-9-24(23)29-11-5-6-12-29/h8-9,14-17H,5-7,11-13,18H2,1-4H3. The number of carbonyl (C=O) groups excluding carboxylic acids is 2. The molecular formula is C26H32N4O5S. The van der Waals surface area contributed by atoms with Gasteiger partial charge < -0.3 is 14.5 Å². The summed E-state index contributed by atoms with van der Waals surface area (Å²) in [4.78, 5) is 29.7. The molecule has 1 aliphatic heterocycles. The molecule has 0 bridgehead atoms. The van der Waals surface area contributed by atoms with Crippen LogP contribution in [0.4, 0.5) is 11.4 Å². The largest absolute Gasteiger partial charge is 0.452 e. The lowest BCUT2D eigenvalue weighted by Gasteiger charge is -2.24. The summed E-state index contributed by atoms with van der Waals surface area (Å²) in [7, 11) is -0.931. The van der Waals surface area contributed by atoms with Gasteiger partial charge in [-0.2, -0.15) is 5.26 Å². The van der Waals surface area contributed by atoms with Gasteiger partial charge in [0.05, 0.1) is 28.6 Å². The summed E-state index contributed by atoms with van der Waals surface area (Å²) in [6.07, 6.45) is 2.05. The van der Waals surface area contributed by atoms with Crippen molar-refractivity contribution in [2.75, 3.05) is 50.1 Å². The third-order valence-corrected chi connectivity index (χ3v) is 7.82. The Balaban J connectivity index is 1.87. The van der Waals surface area contributed by atoms with Crippen LogP contribution in [0.5, 0.6) is 0 Å². The molecule has 3 rings (SSSR count). The van der Waals surface area contributed by atoms with Crippen molar-refractivity contribution in [3.05, 3.63) is 53.1 Å². The fraction of sp³-hybridized carbons (Fsp3) is 0.423. The Morgan fingerprint density at radius 1 is 1.06 bits per heavy atom. The monoisotopic (exact) mass is 512 g/mol. The maximum absolute atomic E-state index is 13.2. The van der Waals surface area contributed by atoms with Crippen LogP contribution in [-0.2, 0) is 19.6 Å². The molecule has 0 radical (unpaired) electrons. The number of rotatable bonds is 9. The second kappa shape index (κ2) is 11.5. The molecule has 1 fully saturated rings. The minimum Gasteiger partial charge on any atom is -0.452 e. The van der Waals surface area contributed by atoms with Crippen molar-refractivity contribution in [1.29, 1.82) is 5.26 Å². The number of anilines is 2. The van der Waals surface area contributed by atoms with Crippen molar-refractivity contribution in [3.8, 4) is 6.07 Å². The summed E-state index contributed by atoms with van der Waals surface area (Å²) in [6.45, 7) is 4.93. The van der Waals surface area contributed by atoms with E-state index in [2.05, 4.69) is 0 Å². The van der Waals surface area contributed by atoms with Gasteiger partial charge in [-0.15, -0.1) is 0 Å². The molecule has 192 valence electrons.